The number of piperidine rings is 1. The summed E-state index contributed by atoms with van der Waals surface area (Å²) in [5.41, 5.74) is 1.69. The van der Waals surface area contributed by atoms with E-state index in [1.807, 2.05) is 0 Å². The maximum Gasteiger partial charge on any atom is 0.338 e. The van der Waals surface area contributed by atoms with Crippen molar-refractivity contribution in [3.63, 3.8) is 0 Å². The van der Waals surface area contributed by atoms with E-state index in [1.165, 1.54) is 28.6 Å². The molecule has 0 radical (unpaired) electrons. The van der Waals surface area contributed by atoms with Gasteiger partial charge in [-0.25, -0.2) is 17.6 Å². The molecule has 2 aliphatic rings. The van der Waals surface area contributed by atoms with E-state index < -0.39 is 21.8 Å². The molecule has 1 saturated heterocycles. The predicted octanol–water partition coefficient (Wildman–Crippen LogP) is 3.53. The van der Waals surface area contributed by atoms with Crippen molar-refractivity contribution in [1.29, 1.82) is 0 Å². The van der Waals surface area contributed by atoms with E-state index >= 15 is 0 Å². The number of hydrogen-bond acceptors (Lipinski definition) is 6. The first-order valence-electron chi connectivity index (χ1n) is 10.2. The molecule has 0 aromatic heterocycles. The summed E-state index contributed by atoms with van der Waals surface area (Å²) < 4.78 is 57.3. The third-order valence-corrected chi connectivity index (χ3v) is 7.39. The van der Waals surface area contributed by atoms with Gasteiger partial charge in [0.05, 0.1) is 17.1 Å². The lowest BCUT2D eigenvalue weighted by Crippen LogP contribution is -2.35. The van der Waals surface area contributed by atoms with Crippen molar-refractivity contribution in [2.24, 2.45) is 0 Å². The second kappa shape index (κ2) is 8.94. The first kappa shape index (κ1) is 21.7. The molecule has 0 atom stereocenters. The number of carbonyl (C=O) groups excluding carboxylic acids is 1. The van der Waals surface area contributed by atoms with Gasteiger partial charge in [0.2, 0.25) is 10.0 Å². The second-order valence-corrected chi connectivity index (χ2v) is 9.62. The van der Waals surface area contributed by atoms with Crippen LogP contribution in [0.1, 0.15) is 46.3 Å². The molecule has 2 heterocycles. The number of esters is 1. The summed E-state index contributed by atoms with van der Waals surface area (Å²) in [6, 6.07) is 7.03. The molecule has 0 aliphatic carbocycles. The number of sulfonamides is 1. The van der Waals surface area contributed by atoms with Crippen LogP contribution in [0.3, 0.4) is 0 Å². The van der Waals surface area contributed by atoms with Gasteiger partial charge in [-0.2, -0.15) is 4.31 Å². The largest absolute Gasteiger partial charge is 0.467 e. The molecule has 0 unspecified atom stereocenters. The maximum atomic E-state index is 13.9. The molecule has 0 bridgehead atoms. The van der Waals surface area contributed by atoms with Crippen LogP contribution in [0.2, 0.25) is 0 Å². The topological polar surface area (TPSA) is 82.1 Å². The van der Waals surface area contributed by atoms with Gasteiger partial charge in [-0.05, 0) is 49.6 Å². The van der Waals surface area contributed by atoms with E-state index in [-0.39, 0.29) is 30.5 Å². The Morgan fingerprint density at radius 1 is 1.16 bits per heavy atom. The quantitative estimate of drug-likeness (QED) is 0.650. The molecule has 2 aromatic rings. The number of nitrogens with zero attached hydrogens (tertiary/aromatic N) is 1. The normalized spacial score (nSPS) is 17.0. The Hall–Kier alpha value is -2.49. The lowest BCUT2D eigenvalue weighted by Gasteiger charge is -2.26. The van der Waals surface area contributed by atoms with Gasteiger partial charge in [-0.3, -0.25) is 0 Å². The van der Waals surface area contributed by atoms with Gasteiger partial charge in [0.1, 0.15) is 18.2 Å². The number of aryl methyl sites for hydroxylation is 1. The molecule has 0 spiro atoms. The first-order valence-corrected chi connectivity index (χ1v) is 11.6. The molecule has 7 nitrogen and oxygen atoms in total. The van der Waals surface area contributed by atoms with Crippen molar-refractivity contribution in [3.8, 4) is 5.75 Å². The van der Waals surface area contributed by atoms with Crippen LogP contribution >= 0.6 is 0 Å². The molecule has 2 aromatic carbocycles. The highest BCUT2D eigenvalue weighted by molar-refractivity contribution is 7.89. The van der Waals surface area contributed by atoms with Crippen LogP contribution in [-0.4, -0.2) is 38.6 Å². The van der Waals surface area contributed by atoms with Crippen LogP contribution in [0.15, 0.2) is 35.2 Å². The van der Waals surface area contributed by atoms with E-state index in [2.05, 4.69) is 0 Å². The van der Waals surface area contributed by atoms with Gasteiger partial charge in [-0.1, -0.05) is 12.5 Å². The molecule has 2 aliphatic heterocycles. The van der Waals surface area contributed by atoms with Crippen LogP contribution in [0, 0.1) is 12.7 Å². The molecular formula is C22H24FNO6S. The molecular weight excluding hydrogens is 425 g/mol. The Morgan fingerprint density at radius 3 is 2.71 bits per heavy atom. The number of rotatable bonds is 5. The van der Waals surface area contributed by atoms with Crippen LogP contribution in [-0.2, 0) is 32.7 Å². The van der Waals surface area contributed by atoms with Gasteiger partial charge in [0.15, 0.2) is 6.79 Å². The molecule has 1 fully saturated rings. The van der Waals surface area contributed by atoms with Crippen molar-refractivity contribution in [1.82, 2.24) is 4.31 Å². The summed E-state index contributed by atoms with van der Waals surface area (Å²) in [6.07, 6.45) is 2.66. The molecule has 4 rings (SSSR count). The summed E-state index contributed by atoms with van der Waals surface area (Å²) in [5.74, 6) is -0.721. The monoisotopic (exact) mass is 449 g/mol. The molecule has 166 valence electrons. The van der Waals surface area contributed by atoms with Crippen LogP contribution < -0.4 is 4.74 Å². The van der Waals surface area contributed by atoms with E-state index in [1.54, 1.807) is 13.0 Å². The third kappa shape index (κ3) is 4.58. The van der Waals surface area contributed by atoms with Crippen molar-refractivity contribution in [2.45, 2.75) is 44.3 Å². The fourth-order valence-electron chi connectivity index (χ4n) is 3.82. The standard InChI is InChI=1S/C22H24FNO6S/c1-15-5-6-19(31(26,27)24-7-3-2-4-8-24)11-20(15)22(25)29-13-17-10-18(23)9-16-12-28-14-30-21(16)17/h5-6,9-11H,2-4,7-8,12-14H2,1H3. The van der Waals surface area contributed by atoms with Crippen molar-refractivity contribution in [2.75, 3.05) is 19.9 Å². The molecule has 31 heavy (non-hydrogen) atoms. The lowest BCUT2D eigenvalue weighted by molar-refractivity contribution is -0.0183. The summed E-state index contributed by atoms with van der Waals surface area (Å²) in [6.45, 7) is 2.70. The van der Waals surface area contributed by atoms with Crippen molar-refractivity contribution >= 4 is 16.0 Å². The molecule has 0 N–H and O–H groups in total. The number of benzene rings is 2. The minimum atomic E-state index is -3.68. The third-order valence-electron chi connectivity index (χ3n) is 5.49. The highest BCUT2D eigenvalue weighted by Gasteiger charge is 2.27. The molecule has 9 heteroatoms. The first-order chi connectivity index (χ1) is 14.9. The maximum absolute atomic E-state index is 13.9. The molecule has 0 saturated carbocycles. The molecule has 0 amide bonds. The zero-order valence-corrected chi connectivity index (χ0v) is 18.0. The Balaban J connectivity index is 1.54. The summed E-state index contributed by atoms with van der Waals surface area (Å²) in [4.78, 5) is 12.8. The Bertz CT molecular complexity index is 1100. The number of fused-ring (bicyclic) bond motifs is 1. The number of hydrogen-bond donors (Lipinski definition) is 0. The van der Waals surface area contributed by atoms with E-state index in [0.717, 1.165) is 19.3 Å². The lowest BCUT2D eigenvalue weighted by atomic mass is 10.1. The Labute approximate surface area is 180 Å². The van der Waals surface area contributed by atoms with Gasteiger partial charge < -0.3 is 14.2 Å². The Kier molecular flexibility index (Phi) is 6.27. The average Bonchev–Trinajstić information content (AvgIpc) is 2.78. The smallest absolute Gasteiger partial charge is 0.338 e. The minimum absolute atomic E-state index is 0.0368. The minimum Gasteiger partial charge on any atom is -0.467 e. The van der Waals surface area contributed by atoms with Gasteiger partial charge in [0, 0.05) is 24.2 Å². The summed E-state index contributed by atoms with van der Waals surface area (Å²) in [5, 5.41) is 0. The van der Waals surface area contributed by atoms with Crippen LogP contribution in [0.4, 0.5) is 4.39 Å². The van der Waals surface area contributed by atoms with Gasteiger partial charge >= 0.3 is 5.97 Å². The number of carbonyl (C=O) groups is 1. The second-order valence-electron chi connectivity index (χ2n) is 7.68. The van der Waals surface area contributed by atoms with Crippen molar-refractivity contribution < 1.29 is 31.8 Å². The van der Waals surface area contributed by atoms with Gasteiger partial charge in [0.25, 0.3) is 0 Å². The van der Waals surface area contributed by atoms with E-state index in [9.17, 15) is 17.6 Å². The van der Waals surface area contributed by atoms with E-state index in [4.69, 9.17) is 14.2 Å². The fraction of sp³-hybridized carbons (Fsp3) is 0.409. The zero-order valence-electron chi connectivity index (χ0n) is 17.2. The highest BCUT2D eigenvalue weighted by Crippen LogP contribution is 2.30. The van der Waals surface area contributed by atoms with Crippen molar-refractivity contribution in [3.05, 3.63) is 58.4 Å². The number of halogens is 1. The van der Waals surface area contributed by atoms with E-state index in [0.29, 0.717) is 35.5 Å². The number of ether oxygens (including phenoxy) is 3. The summed E-state index contributed by atoms with van der Waals surface area (Å²) >= 11 is 0. The van der Waals surface area contributed by atoms with Crippen LogP contribution in [0.25, 0.3) is 0 Å². The summed E-state index contributed by atoms with van der Waals surface area (Å²) in [7, 11) is -3.68. The fourth-order valence-corrected chi connectivity index (χ4v) is 5.36. The SMILES string of the molecule is Cc1ccc(S(=O)(=O)N2CCCCC2)cc1C(=O)OCc1cc(F)cc2c1OCOC2. The Morgan fingerprint density at radius 2 is 1.94 bits per heavy atom. The van der Waals surface area contributed by atoms with Gasteiger partial charge in [-0.15, -0.1) is 0 Å². The predicted molar refractivity (Wildman–Crippen MR) is 110 cm³/mol. The zero-order chi connectivity index (χ0) is 22.0. The highest BCUT2D eigenvalue weighted by atomic mass is 32.2. The average molecular weight is 450 g/mol. The van der Waals surface area contributed by atoms with Crippen LogP contribution in [0.5, 0.6) is 5.75 Å².